The van der Waals surface area contributed by atoms with Crippen LogP contribution in [0.3, 0.4) is 0 Å². The number of aromatic nitrogens is 1. The first kappa shape index (κ1) is 10.2. The molecule has 1 unspecified atom stereocenters. The van der Waals surface area contributed by atoms with E-state index in [4.69, 9.17) is 0 Å². The second-order valence-corrected chi connectivity index (χ2v) is 3.90. The van der Waals surface area contributed by atoms with Crippen LogP contribution in [0, 0.1) is 5.82 Å². The van der Waals surface area contributed by atoms with E-state index in [1.807, 2.05) is 13.2 Å². The Kier molecular flexibility index (Phi) is 2.73. The monoisotopic (exact) mass is 206 g/mol. The van der Waals surface area contributed by atoms with Crippen LogP contribution >= 0.6 is 0 Å². The van der Waals surface area contributed by atoms with Crippen LogP contribution in [0.25, 0.3) is 10.9 Å². The molecule has 2 N–H and O–H groups in total. The van der Waals surface area contributed by atoms with Crippen LogP contribution in [-0.4, -0.2) is 18.1 Å². The highest BCUT2D eigenvalue weighted by molar-refractivity contribution is 5.83. The zero-order chi connectivity index (χ0) is 10.8. The summed E-state index contributed by atoms with van der Waals surface area (Å²) in [6.07, 6.45) is 2.86. The molecule has 0 amide bonds. The number of fused-ring (bicyclic) bond motifs is 1. The molecule has 0 spiro atoms. The summed E-state index contributed by atoms with van der Waals surface area (Å²) in [6.45, 7) is 2.11. The van der Waals surface area contributed by atoms with Gasteiger partial charge in [0.15, 0.2) is 0 Å². The van der Waals surface area contributed by atoms with Gasteiger partial charge in [-0.05, 0) is 44.2 Å². The molecule has 2 nitrogen and oxygen atoms in total. The molecule has 1 heterocycles. The van der Waals surface area contributed by atoms with E-state index < -0.39 is 0 Å². The number of aromatic amines is 1. The average Bonchev–Trinajstić information content (AvgIpc) is 2.61. The highest BCUT2D eigenvalue weighted by Gasteiger charge is 2.07. The van der Waals surface area contributed by atoms with E-state index in [1.165, 1.54) is 6.07 Å². The first-order valence-corrected chi connectivity index (χ1v) is 5.13. The minimum atomic E-state index is -0.180. The Labute approximate surface area is 88.5 Å². The maximum Gasteiger partial charge on any atom is 0.123 e. The highest BCUT2D eigenvalue weighted by atomic mass is 19.1. The summed E-state index contributed by atoms with van der Waals surface area (Å²) in [5.74, 6) is -0.180. The maximum absolute atomic E-state index is 13.1. The summed E-state index contributed by atoms with van der Waals surface area (Å²) >= 11 is 0. The molecular formula is C12H15FN2. The molecule has 15 heavy (non-hydrogen) atoms. The van der Waals surface area contributed by atoms with E-state index >= 15 is 0 Å². The van der Waals surface area contributed by atoms with Gasteiger partial charge in [0.2, 0.25) is 0 Å². The molecule has 1 aromatic carbocycles. The van der Waals surface area contributed by atoms with Crippen LogP contribution in [0.4, 0.5) is 4.39 Å². The Hall–Kier alpha value is -1.35. The third-order valence-electron chi connectivity index (χ3n) is 2.75. The normalized spacial score (nSPS) is 13.3. The van der Waals surface area contributed by atoms with E-state index in [-0.39, 0.29) is 5.82 Å². The fourth-order valence-electron chi connectivity index (χ4n) is 1.75. The molecule has 0 fully saturated rings. The summed E-state index contributed by atoms with van der Waals surface area (Å²) in [5.41, 5.74) is 2.15. The first-order valence-electron chi connectivity index (χ1n) is 5.13. The largest absolute Gasteiger partial charge is 0.361 e. The molecule has 0 radical (unpaired) electrons. The molecule has 0 aliphatic heterocycles. The number of hydrogen-bond acceptors (Lipinski definition) is 1. The van der Waals surface area contributed by atoms with Gasteiger partial charge in [0.05, 0.1) is 0 Å². The van der Waals surface area contributed by atoms with Crippen LogP contribution < -0.4 is 5.32 Å². The van der Waals surface area contributed by atoms with Crippen molar-refractivity contribution in [2.24, 2.45) is 0 Å². The van der Waals surface area contributed by atoms with Crippen molar-refractivity contribution in [3.05, 3.63) is 35.8 Å². The van der Waals surface area contributed by atoms with Gasteiger partial charge in [-0.15, -0.1) is 0 Å². The summed E-state index contributed by atoms with van der Waals surface area (Å²) in [7, 11) is 1.93. The van der Waals surface area contributed by atoms with Crippen LogP contribution in [0.5, 0.6) is 0 Å². The molecule has 0 bridgehead atoms. The maximum atomic E-state index is 13.1. The Morgan fingerprint density at radius 2 is 2.27 bits per heavy atom. The minimum absolute atomic E-state index is 0.180. The summed E-state index contributed by atoms with van der Waals surface area (Å²) < 4.78 is 13.1. The molecule has 80 valence electrons. The smallest absolute Gasteiger partial charge is 0.123 e. The Morgan fingerprint density at radius 1 is 1.47 bits per heavy atom. The molecule has 0 aliphatic rings. The fraction of sp³-hybridized carbons (Fsp3) is 0.333. The number of H-pyrrole nitrogens is 1. The van der Waals surface area contributed by atoms with Gasteiger partial charge in [-0.1, -0.05) is 0 Å². The molecule has 0 saturated carbocycles. The molecule has 0 aliphatic carbocycles. The average molecular weight is 206 g/mol. The van der Waals surface area contributed by atoms with Crippen LogP contribution in [0.1, 0.15) is 12.5 Å². The quantitative estimate of drug-likeness (QED) is 0.793. The first-order chi connectivity index (χ1) is 7.20. The van der Waals surface area contributed by atoms with Crippen molar-refractivity contribution in [1.29, 1.82) is 0 Å². The van der Waals surface area contributed by atoms with Gasteiger partial charge in [0, 0.05) is 23.1 Å². The lowest BCUT2D eigenvalue weighted by molar-refractivity contribution is 0.609. The van der Waals surface area contributed by atoms with Gasteiger partial charge in [0.1, 0.15) is 5.82 Å². The van der Waals surface area contributed by atoms with Gasteiger partial charge in [0.25, 0.3) is 0 Å². The standard InChI is InChI=1S/C12H15FN2/c1-8(14-2)5-9-7-15-12-4-3-10(13)6-11(9)12/h3-4,6-8,14-15H,5H2,1-2H3. The number of halogens is 1. The van der Waals surface area contributed by atoms with Crippen LogP contribution in [0.15, 0.2) is 24.4 Å². The molecule has 3 heteroatoms. The van der Waals surface area contributed by atoms with Crippen molar-refractivity contribution in [2.45, 2.75) is 19.4 Å². The molecule has 1 aromatic heterocycles. The third kappa shape index (κ3) is 2.02. The molecule has 2 aromatic rings. The highest BCUT2D eigenvalue weighted by Crippen LogP contribution is 2.20. The third-order valence-corrected chi connectivity index (χ3v) is 2.75. The van der Waals surface area contributed by atoms with Crippen molar-refractivity contribution < 1.29 is 4.39 Å². The number of likely N-dealkylation sites (N-methyl/N-ethyl adjacent to an activating group) is 1. The van der Waals surface area contributed by atoms with Crippen molar-refractivity contribution in [2.75, 3.05) is 7.05 Å². The lowest BCUT2D eigenvalue weighted by atomic mass is 10.1. The summed E-state index contributed by atoms with van der Waals surface area (Å²) in [6, 6.07) is 5.23. The van der Waals surface area contributed by atoms with E-state index in [0.29, 0.717) is 6.04 Å². The topological polar surface area (TPSA) is 27.8 Å². The second kappa shape index (κ2) is 4.03. The van der Waals surface area contributed by atoms with Crippen molar-refractivity contribution >= 4 is 10.9 Å². The molecule has 2 rings (SSSR count). The number of rotatable bonds is 3. The van der Waals surface area contributed by atoms with Crippen molar-refractivity contribution in [3.8, 4) is 0 Å². The van der Waals surface area contributed by atoms with E-state index in [2.05, 4.69) is 17.2 Å². The lowest BCUT2D eigenvalue weighted by Gasteiger charge is -2.08. The molecular weight excluding hydrogens is 191 g/mol. The van der Waals surface area contributed by atoms with Gasteiger partial charge in [-0.25, -0.2) is 4.39 Å². The van der Waals surface area contributed by atoms with Gasteiger partial charge in [-0.3, -0.25) is 0 Å². The van der Waals surface area contributed by atoms with Gasteiger partial charge < -0.3 is 10.3 Å². The predicted molar refractivity (Wildman–Crippen MR) is 60.5 cm³/mol. The molecule has 0 saturated heterocycles. The van der Waals surface area contributed by atoms with E-state index in [1.54, 1.807) is 12.1 Å². The summed E-state index contributed by atoms with van der Waals surface area (Å²) in [4.78, 5) is 3.15. The zero-order valence-electron chi connectivity index (χ0n) is 8.97. The van der Waals surface area contributed by atoms with E-state index in [0.717, 1.165) is 22.9 Å². The Bertz CT molecular complexity index is 462. The number of hydrogen-bond donors (Lipinski definition) is 2. The van der Waals surface area contributed by atoms with Crippen LogP contribution in [-0.2, 0) is 6.42 Å². The van der Waals surface area contributed by atoms with Crippen molar-refractivity contribution in [1.82, 2.24) is 10.3 Å². The summed E-state index contributed by atoms with van der Waals surface area (Å²) in [5, 5.41) is 4.16. The SMILES string of the molecule is CNC(C)Cc1c[nH]c2ccc(F)cc12. The zero-order valence-corrected chi connectivity index (χ0v) is 8.97. The minimum Gasteiger partial charge on any atom is -0.361 e. The van der Waals surface area contributed by atoms with Gasteiger partial charge >= 0.3 is 0 Å². The molecule has 1 atom stereocenters. The van der Waals surface area contributed by atoms with E-state index in [9.17, 15) is 4.39 Å². The number of benzene rings is 1. The Morgan fingerprint density at radius 3 is 3.00 bits per heavy atom. The van der Waals surface area contributed by atoms with Gasteiger partial charge in [-0.2, -0.15) is 0 Å². The van der Waals surface area contributed by atoms with Crippen LogP contribution in [0.2, 0.25) is 0 Å². The second-order valence-electron chi connectivity index (χ2n) is 3.90. The number of nitrogens with one attached hydrogen (secondary N) is 2. The predicted octanol–water partition coefficient (Wildman–Crippen LogP) is 2.46. The lowest BCUT2D eigenvalue weighted by Crippen LogP contribution is -2.23. The van der Waals surface area contributed by atoms with Crippen molar-refractivity contribution in [3.63, 3.8) is 0 Å². The Balaban J connectivity index is 2.39. The fourth-order valence-corrected chi connectivity index (χ4v) is 1.75.